The van der Waals surface area contributed by atoms with Gasteiger partial charge in [-0.25, -0.2) is 19.2 Å². The number of carbonyl (C=O) groups is 4. The van der Waals surface area contributed by atoms with Gasteiger partial charge < -0.3 is 48.8 Å². The smallest absolute Gasteiger partial charge is 0.336 e. The molecule has 1 rings (SSSR count). The largest absolute Gasteiger partial charge is 0.479 e. The summed E-state index contributed by atoms with van der Waals surface area (Å²) in [5.41, 5.74) is 0. The minimum atomic E-state index is -1.79. The van der Waals surface area contributed by atoms with Crippen LogP contribution in [-0.2, 0) is 47.6 Å². The van der Waals surface area contributed by atoms with Crippen LogP contribution in [0, 0.1) is 0 Å². The van der Waals surface area contributed by atoms with E-state index >= 15 is 0 Å². The highest BCUT2D eigenvalue weighted by molar-refractivity contribution is 5.84. The molecule has 1 aliphatic heterocycles. The predicted molar refractivity (Wildman–Crippen MR) is 91.1 cm³/mol. The summed E-state index contributed by atoms with van der Waals surface area (Å²) >= 11 is 0. The van der Waals surface area contributed by atoms with Crippen LogP contribution >= 0.6 is 0 Å². The van der Waals surface area contributed by atoms with Crippen molar-refractivity contribution < 1.29 is 68.0 Å². The van der Waals surface area contributed by atoms with Gasteiger partial charge in [-0.1, -0.05) is 0 Å². The number of carboxylic acid groups (broad SMARTS) is 4. The minimum Gasteiger partial charge on any atom is -0.479 e. The molecule has 1 heterocycles. The summed E-state index contributed by atoms with van der Waals surface area (Å²) in [6.45, 7) is -1.88. The zero-order chi connectivity index (χ0) is 22.5. The highest BCUT2D eigenvalue weighted by Gasteiger charge is 2.37. The van der Waals surface area contributed by atoms with Gasteiger partial charge >= 0.3 is 23.9 Å². The molecule has 0 bridgehead atoms. The van der Waals surface area contributed by atoms with E-state index in [9.17, 15) is 39.6 Å². The van der Waals surface area contributed by atoms with E-state index < -0.39 is 48.3 Å². The Labute approximate surface area is 170 Å². The first-order chi connectivity index (χ1) is 14.3. The Hall–Kier alpha value is -2.36. The molecule has 4 N–H and O–H groups in total. The Morgan fingerprint density at radius 2 is 0.633 bits per heavy atom. The molecule has 1 aliphatic rings. The van der Waals surface area contributed by atoms with E-state index in [2.05, 4.69) is 0 Å². The summed E-state index contributed by atoms with van der Waals surface area (Å²) in [5, 5.41) is 36.7. The van der Waals surface area contributed by atoms with E-state index in [0.29, 0.717) is 0 Å². The summed E-state index contributed by atoms with van der Waals surface area (Å²) in [6, 6.07) is 0. The van der Waals surface area contributed by atoms with Crippen LogP contribution in [0.1, 0.15) is 0 Å². The fraction of sp³-hybridized carbons (Fsp3) is 0.750. The van der Waals surface area contributed by atoms with Crippen molar-refractivity contribution in [3.63, 3.8) is 0 Å². The summed E-state index contributed by atoms with van der Waals surface area (Å²) in [4.78, 5) is 45.2. The molecule has 0 amide bonds. The van der Waals surface area contributed by atoms with E-state index in [1.54, 1.807) is 0 Å². The van der Waals surface area contributed by atoms with Gasteiger partial charge in [-0.15, -0.1) is 0 Å². The van der Waals surface area contributed by atoms with Gasteiger partial charge in [0.05, 0.1) is 52.9 Å². The van der Waals surface area contributed by atoms with Gasteiger partial charge in [0, 0.05) is 0 Å². The van der Waals surface area contributed by atoms with Crippen LogP contribution in [0.25, 0.3) is 0 Å². The molecule has 0 spiro atoms. The first kappa shape index (κ1) is 25.7. The molecule has 0 aromatic rings. The standard InChI is InChI=1S/C16H24O14/c17-13(18)9-10(14(19)20)29-7-3-26-4-8-30-12(16(23)24)11(15(21)22)28-6-2-25-1-5-27-9/h9-12H,1-8H2,(H,17,18)(H,19,20)(H,21,22)(H,23,24)/t9-,10?,11?,12?/m1/s1. The van der Waals surface area contributed by atoms with E-state index in [1.807, 2.05) is 0 Å². The molecule has 14 nitrogen and oxygen atoms in total. The molecule has 14 heteroatoms. The Morgan fingerprint density at radius 1 is 0.433 bits per heavy atom. The number of ether oxygens (including phenoxy) is 6. The highest BCUT2D eigenvalue weighted by atomic mass is 16.6. The van der Waals surface area contributed by atoms with Gasteiger partial charge in [0.15, 0.2) is 24.4 Å². The zero-order valence-corrected chi connectivity index (χ0v) is 15.8. The van der Waals surface area contributed by atoms with Gasteiger partial charge in [0.2, 0.25) is 0 Å². The van der Waals surface area contributed by atoms with Crippen molar-refractivity contribution in [3.05, 3.63) is 0 Å². The maximum absolute atomic E-state index is 11.3. The lowest BCUT2D eigenvalue weighted by molar-refractivity contribution is -0.183. The average Bonchev–Trinajstić information content (AvgIpc) is 2.66. The van der Waals surface area contributed by atoms with Crippen molar-refractivity contribution in [1.82, 2.24) is 0 Å². The zero-order valence-electron chi connectivity index (χ0n) is 15.8. The number of rotatable bonds is 4. The van der Waals surface area contributed by atoms with Crippen LogP contribution < -0.4 is 0 Å². The molecule has 0 aromatic heterocycles. The third kappa shape index (κ3) is 8.98. The third-order valence-corrected chi connectivity index (χ3v) is 3.62. The van der Waals surface area contributed by atoms with E-state index in [4.69, 9.17) is 28.4 Å². The maximum Gasteiger partial charge on any atom is 0.336 e. The summed E-state index contributed by atoms with van der Waals surface area (Å²) < 4.78 is 30.3. The average molecular weight is 440 g/mol. The number of carboxylic acids is 4. The fourth-order valence-electron chi connectivity index (χ4n) is 2.29. The SMILES string of the molecule is O=C(O)C1OCCOCCOC(C(=O)O)[C@H](C(=O)O)OCCOCCOC1C(=O)O. The van der Waals surface area contributed by atoms with E-state index in [0.717, 1.165) is 0 Å². The minimum absolute atomic E-state index is 0.167. The monoisotopic (exact) mass is 440 g/mol. The Morgan fingerprint density at radius 3 is 0.800 bits per heavy atom. The molecule has 0 saturated carbocycles. The van der Waals surface area contributed by atoms with Crippen molar-refractivity contribution in [3.8, 4) is 0 Å². The van der Waals surface area contributed by atoms with Crippen LogP contribution in [0.4, 0.5) is 0 Å². The molecular formula is C16H24O14. The van der Waals surface area contributed by atoms with Crippen LogP contribution in [0.15, 0.2) is 0 Å². The molecule has 0 aliphatic carbocycles. The molecule has 0 radical (unpaired) electrons. The first-order valence-electron chi connectivity index (χ1n) is 8.78. The van der Waals surface area contributed by atoms with Crippen LogP contribution in [0.5, 0.6) is 0 Å². The molecule has 30 heavy (non-hydrogen) atoms. The second-order valence-electron chi connectivity index (χ2n) is 5.74. The van der Waals surface area contributed by atoms with E-state index in [-0.39, 0.29) is 52.9 Å². The lowest BCUT2D eigenvalue weighted by Crippen LogP contribution is -2.45. The third-order valence-electron chi connectivity index (χ3n) is 3.62. The van der Waals surface area contributed by atoms with Gasteiger partial charge in [-0.2, -0.15) is 0 Å². The quantitative estimate of drug-likeness (QED) is 0.370. The lowest BCUT2D eigenvalue weighted by atomic mass is 10.2. The second kappa shape index (κ2) is 13.8. The van der Waals surface area contributed by atoms with Crippen molar-refractivity contribution in [2.45, 2.75) is 24.4 Å². The topological polar surface area (TPSA) is 205 Å². The Bertz CT molecular complexity index is 480. The molecule has 1 fully saturated rings. The van der Waals surface area contributed by atoms with Crippen LogP contribution in [-0.4, -0.2) is 122 Å². The summed E-state index contributed by atoms with van der Waals surface area (Å²) in [7, 11) is 0. The lowest BCUT2D eigenvalue weighted by Gasteiger charge is -2.23. The fourth-order valence-corrected chi connectivity index (χ4v) is 2.29. The summed E-state index contributed by atoms with van der Waals surface area (Å²) in [5.74, 6) is -6.17. The molecule has 1 saturated heterocycles. The van der Waals surface area contributed by atoms with Crippen LogP contribution in [0.2, 0.25) is 0 Å². The summed E-state index contributed by atoms with van der Waals surface area (Å²) in [6.07, 6.45) is -7.18. The maximum atomic E-state index is 11.3. The normalized spacial score (nSPS) is 28.5. The number of aliphatic carboxylic acids is 4. The Balaban J connectivity index is 2.77. The number of hydrogen-bond acceptors (Lipinski definition) is 10. The van der Waals surface area contributed by atoms with Crippen molar-refractivity contribution in [1.29, 1.82) is 0 Å². The molecule has 3 unspecified atom stereocenters. The van der Waals surface area contributed by atoms with Gasteiger partial charge in [-0.3, -0.25) is 0 Å². The highest BCUT2D eigenvalue weighted by Crippen LogP contribution is 2.08. The van der Waals surface area contributed by atoms with Gasteiger partial charge in [0.1, 0.15) is 0 Å². The molecule has 4 atom stereocenters. The predicted octanol–water partition coefficient (Wildman–Crippen LogP) is -2.09. The van der Waals surface area contributed by atoms with Crippen molar-refractivity contribution in [2.75, 3.05) is 52.9 Å². The van der Waals surface area contributed by atoms with Gasteiger partial charge in [0.25, 0.3) is 0 Å². The van der Waals surface area contributed by atoms with Crippen molar-refractivity contribution >= 4 is 23.9 Å². The number of hydrogen-bond donors (Lipinski definition) is 4. The Kier molecular flexibility index (Phi) is 11.8. The van der Waals surface area contributed by atoms with E-state index in [1.165, 1.54) is 0 Å². The van der Waals surface area contributed by atoms with Gasteiger partial charge in [-0.05, 0) is 0 Å². The molecular weight excluding hydrogens is 416 g/mol. The van der Waals surface area contributed by atoms with Crippen LogP contribution in [0.3, 0.4) is 0 Å². The molecule has 0 aromatic carbocycles. The van der Waals surface area contributed by atoms with Crippen molar-refractivity contribution in [2.24, 2.45) is 0 Å². The first-order valence-corrected chi connectivity index (χ1v) is 8.78. The molecule has 172 valence electrons. The second-order valence-corrected chi connectivity index (χ2v) is 5.74.